The van der Waals surface area contributed by atoms with Gasteiger partial charge in [-0.05, 0) is 84.4 Å². The van der Waals surface area contributed by atoms with Crippen molar-refractivity contribution in [2.75, 3.05) is 13.2 Å². The molecule has 0 spiro atoms. The molecule has 0 aromatic heterocycles. The Morgan fingerprint density at radius 2 is 1.31 bits per heavy atom. The number of ether oxygens (including phenoxy) is 2. The van der Waals surface area contributed by atoms with Gasteiger partial charge in [-0.2, -0.15) is 0 Å². The van der Waals surface area contributed by atoms with E-state index in [2.05, 4.69) is 94.3 Å². The molecule has 0 aliphatic carbocycles. The van der Waals surface area contributed by atoms with Crippen LogP contribution in [0.3, 0.4) is 0 Å². The van der Waals surface area contributed by atoms with E-state index >= 15 is 0 Å². The average Bonchev–Trinajstić information content (AvgIpc) is 2.83. The van der Waals surface area contributed by atoms with Gasteiger partial charge in [0.05, 0.1) is 6.61 Å². The fourth-order valence-electron chi connectivity index (χ4n) is 2.08. The Bertz CT molecular complexity index is 1230. The van der Waals surface area contributed by atoms with Gasteiger partial charge in [0.25, 0.3) is 0 Å². The van der Waals surface area contributed by atoms with Crippen LogP contribution in [0, 0.1) is 82.9 Å². The van der Waals surface area contributed by atoms with Gasteiger partial charge in [-0.15, -0.1) is 0 Å². The van der Waals surface area contributed by atoms with Crippen molar-refractivity contribution in [2.24, 2.45) is 0 Å². The number of hydrogen-bond acceptors (Lipinski definition) is 6. The molecule has 2 N–H and O–H groups in total. The van der Waals surface area contributed by atoms with Crippen LogP contribution in [0.1, 0.15) is 52.4 Å². The van der Waals surface area contributed by atoms with Gasteiger partial charge < -0.3 is 19.3 Å². The molecule has 0 amide bonds. The lowest BCUT2D eigenvalue weighted by Crippen LogP contribution is -2.29. The second-order valence-corrected chi connectivity index (χ2v) is 7.78. The van der Waals surface area contributed by atoms with E-state index in [9.17, 15) is 14.2 Å². The molecule has 0 saturated heterocycles. The SMILES string of the molecule is CC#CC#CC#CC#CC#CC#CC#CC(=O)OC[C@@H](COP(=O)(O)O)OC(=O)CCCCCCC. The minimum atomic E-state index is -4.81. The Balaban J connectivity index is 4.70. The summed E-state index contributed by atoms with van der Waals surface area (Å²) in [6.07, 6.45) is 3.50. The molecule has 0 aromatic rings. The molecule has 0 radical (unpaired) electrons. The van der Waals surface area contributed by atoms with Crippen LogP contribution in [0.2, 0.25) is 0 Å². The smallest absolute Gasteiger partial charge is 0.456 e. The van der Waals surface area contributed by atoms with Gasteiger partial charge in [0.2, 0.25) is 0 Å². The summed E-state index contributed by atoms with van der Waals surface area (Å²) < 4.78 is 25.3. The third-order valence-electron chi connectivity index (χ3n) is 3.59. The lowest BCUT2D eigenvalue weighted by Gasteiger charge is -2.17. The first-order valence-corrected chi connectivity index (χ1v) is 12.3. The third-order valence-corrected chi connectivity index (χ3v) is 4.07. The molecular weight excluding hydrogens is 483 g/mol. The van der Waals surface area contributed by atoms with Crippen LogP contribution in [0.4, 0.5) is 0 Å². The lowest BCUT2D eigenvalue weighted by atomic mass is 10.1. The van der Waals surface area contributed by atoms with Crippen molar-refractivity contribution in [1.82, 2.24) is 0 Å². The van der Waals surface area contributed by atoms with Crippen LogP contribution >= 0.6 is 7.82 Å². The number of carbonyl (C=O) groups excluding carboxylic acids is 2. The summed E-state index contributed by atoms with van der Waals surface area (Å²) >= 11 is 0. The zero-order valence-electron chi connectivity index (χ0n) is 20.0. The van der Waals surface area contributed by atoms with Crippen LogP contribution in [0.5, 0.6) is 0 Å². The second-order valence-electron chi connectivity index (χ2n) is 6.54. The number of rotatable bonds is 12. The molecule has 0 aliphatic heterocycles. The maximum absolute atomic E-state index is 12.0. The van der Waals surface area contributed by atoms with Gasteiger partial charge in [0, 0.05) is 12.3 Å². The van der Waals surface area contributed by atoms with Crippen LogP contribution in [-0.2, 0) is 28.2 Å². The molecule has 0 rings (SSSR count). The molecular formula is C27H25O8P. The van der Waals surface area contributed by atoms with E-state index in [0.717, 1.165) is 25.7 Å². The highest BCUT2D eigenvalue weighted by Gasteiger charge is 2.22. The first-order chi connectivity index (χ1) is 17.3. The van der Waals surface area contributed by atoms with Gasteiger partial charge in [-0.3, -0.25) is 9.32 Å². The van der Waals surface area contributed by atoms with Crippen LogP contribution in [-0.4, -0.2) is 41.0 Å². The van der Waals surface area contributed by atoms with Crippen LogP contribution in [0.15, 0.2) is 0 Å². The van der Waals surface area contributed by atoms with Gasteiger partial charge in [-0.1, -0.05) is 38.5 Å². The van der Waals surface area contributed by atoms with Gasteiger partial charge in [0.15, 0.2) is 6.10 Å². The Morgan fingerprint density at radius 3 is 1.83 bits per heavy atom. The molecule has 0 bridgehead atoms. The molecule has 8 nitrogen and oxygen atoms in total. The molecule has 0 aromatic carbocycles. The maximum Gasteiger partial charge on any atom is 0.469 e. The monoisotopic (exact) mass is 508 g/mol. The molecule has 0 fully saturated rings. The molecule has 0 saturated carbocycles. The third kappa shape index (κ3) is 23.1. The van der Waals surface area contributed by atoms with E-state index in [0.29, 0.717) is 6.42 Å². The predicted octanol–water partition coefficient (Wildman–Crippen LogP) is 1.95. The topological polar surface area (TPSA) is 119 Å². The fourth-order valence-corrected chi connectivity index (χ4v) is 2.44. The molecule has 0 unspecified atom stereocenters. The Morgan fingerprint density at radius 1 is 0.778 bits per heavy atom. The molecule has 186 valence electrons. The molecule has 1 atom stereocenters. The zero-order valence-corrected chi connectivity index (χ0v) is 20.9. The van der Waals surface area contributed by atoms with E-state index in [1.807, 2.05) is 0 Å². The minimum absolute atomic E-state index is 0.125. The molecule has 9 heteroatoms. The van der Waals surface area contributed by atoms with E-state index in [-0.39, 0.29) is 6.42 Å². The normalized spacial score (nSPS) is 9.33. The second kappa shape index (κ2) is 21.5. The van der Waals surface area contributed by atoms with E-state index in [4.69, 9.17) is 19.3 Å². The highest BCUT2D eigenvalue weighted by atomic mass is 31.2. The van der Waals surface area contributed by atoms with Crippen molar-refractivity contribution in [2.45, 2.75) is 58.5 Å². The van der Waals surface area contributed by atoms with Crippen molar-refractivity contribution in [1.29, 1.82) is 0 Å². The average molecular weight is 508 g/mol. The quantitative estimate of drug-likeness (QED) is 0.135. The Kier molecular flexibility index (Phi) is 19.1. The van der Waals surface area contributed by atoms with E-state index in [1.54, 1.807) is 6.92 Å². The maximum atomic E-state index is 12.0. The lowest BCUT2D eigenvalue weighted by molar-refractivity contribution is -0.158. The summed E-state index contributed by atoms with van der Waals surface area (Å²) in [4.78, 5) is 41.4. The van der Waals surface area contributed by atoms with Crippen LogP contribution < -0.4 is 0 Å². The van der Waals surface area contributed by atoms with Gasteiger partial charge in [-0.25, -0.2) is 9.36 Å². The standard InChI is InChI=1S/C27H25O8P/c1-3-5-7-9-10-11-12-13-14-15-16-18-19-21-26(28)33-23-25(24-34-36(30,31)32)35-27(29)22-20-17-8-6-4-2/h25H,4,6,8,17,20,22-24H2,1-2H3,(H2,30,31,32)/t25-/m0/s1. The Labute approximate surface area is 212 Å². The summed E-state index contributed by atoms with van der Waals surface area (Å²) in [6, 6.07) is 0. The zero-order chi connectivity index (χ0) is 26.9. The molecule has 0 aliphatic rings. The van der Waals surface area contributed by atoms with Gasteiger partial charge in [0.1, 0.15) is 6.61 Å². The number of esters is 2. The number of phosphoric acid groups is 1. The van der Waals surface area contributed by atoms with Crippen molar-refractivity contribution in [3.63, 3.8) is 0 Å². The van der Waals surface area contributed by atoms with E-state index in [1.165, 1.54) is 0 Å². The number of hydrogen-bond donors (Lipinski definition) is 2. The highest BCUT2D eigenvalue weighted by molar-refractivity contribution is 7.46. The van der Waals surface area contributed by atoms with Gasteiger partial charge >= 0.3 is 19.8 Å². The predicted molar refractivity (Wildman–Crippen MR) is 132 cm³/mol. The molecule has 0 heterocycles. The number of unbranched alkanes of at least 4 members (excludes halogenated alkanes) is 4. The van der Waals surface area contributed by atoms with Crippen molar-refractivity contribution in [3.8, 4) is 82.9 Å². The summed E-state index contributed by atoms with van der Waals surface area (Å²) in [7, 11) is -4.81. The first kappa shape index (κ1) is 32.0. The van der Waals surface area contributed by atoms with E-state index < -0.39 is 39.1 Å². The van der Waals surface area contributed by atoms with Crippen molar-refractivity contribution in [3.05, 3.63) is 0 Å². The summed E-state index contributed by atoms with van der Waals surface area (Å²) in [5, 5.41) is 0. The summed E-state index contributed by atoms with van der Waals surface area (Å²) in [5.41, 5.74) is 0. The van der Waals surface area contributed by atoms with Crippen molar-refractivity contribution >= 4 is 19.8 Å². The summed E-state index contributed by atoms with van der Waals surface area (Å²) in [5.74, 6) is 32.1. The van der Waals surface area contributed by atoms with Crippen molar-refractivity contribution < 1.29 is 37.9 Å². The Hall–Kier alpha value is -4.03. The minimum Gasteiger partial charge on any atom is -0.456 e. The highest BCUT2D eigenvalue weighted by Crippen LogP contribution is 2.35. The first-order valence-electron chi connectivity index (χ1n) is 10.8. The van der Waals surface area contributed by atoms with Crippen LogP contribution in [0.25, 0.3) is 0 Å². The number of phosphoric ester groups is 1. The fraction of sp³-hybridized carbons (Fsp3) is 0.407. The summed E-state index contributed by atoms with van der Waals surface area (Å²) in [6.45, 7) is 2.57. The number of carbonyl (C=O) groups is 2. The molecule has 36 heavy (non-hydrogen) atoms. The largest absolute Gasteiger partial charge is 0.469 e.